The van der Waals surface area contributed by atoms with E-state index in [0.717, 1.165) is 35.2 Å². The summed E-state index contributed by atoms with van der Waals surface area (Å²) in [7, 11) is 0. The number of nitrogens with zero attached hydrogens (tertiary/aromatic N) is 4. The van der Waals surface area contributed by atoms with Crippen molar-refractivity contribution in [3.05, 3.63) is 59.9 Å². The molecule has 0 spiro atoms. The van der Waals surface area contributed by atoms with Crippen LogP contribution in [0.25, 0.3) is 22.2 Å². The molecule has 2 aromatic heterocycles. The Kier molecular flexibility index (Phi) is 4.16. The second-order valence-corrected chi connectivity index (χ2v) is 6.52. The zero-order chi connectivity index (χ0) is 19.0. The van der Waals surface area contributed by atoms with E-state index >= 15 is 0 Å². The van der Waals surface area contributed by atoms with Gasteiger partial charge in [-0.2, -0.15) is 10.4 Å². The van der Waals surface area contributed by atoms with Crippen LogP contribution in [0.3, 0.4) is 0 Å². The zero-order valence-electron chi connectivity index (χ0n) is 14.4. The minimum Gasteiger partial charge on any atom is -0.366 e. The van der Waals surface area contributed by atoms with E-state index in [0.29, 0.717) is 12.0 Å². The Morgan fingerprint density at radius 1 is 1.41 bits per heavy atom. The molecule has 0 aliphatic heterocycles. The first kappa shape index (κ1) is 16.9. The SMILES string of the molecule is N#CC1CC=C(c2nccn3ncc(-c4ccc(C(N)=O)c(F)c4)c23)CC1. The maximum absolute atomic E-state index is 14.2. The highest BCUT2D eigenvalue weighted by molar-refractivity contribution is 5.94. The van der Waals surface area contributed by atoms with Gasteiger partial charge in [-0.1, -0.05) is 12.1 Å². The molecule has 134 valence electrons. The van der Waals surface area contributed by atoms with Crippen molar-refractivity contribution in [3.8, 4) is 17.2 Å². The van der Waals surface area contributed by atoms with Crippen molar-refractivity contribution in [2.24, 2.45) is 11.7 Å². The Morgan fingerprint density at radius 3 is 2.93 bits per heavy atom. The molecule has 7 heteroatoms. The number of nitrogens with two attached hydrogens (primary N) is 1. The van der Waals surface area contributed by atoms with Gasteiger partial charge in [-0.15, -0.1) is 0 Å². The maximum atomic E-state index is 14.2. The number of carbonyl (C=O) groups excluding carboxylic acids is 1. The highest BCUT2D eigenvalue weighted by Crippen LogP contribution is 2.35. The third-order valence-corrected chi connectivity index (χ3v) is 4.87. The number of hydrogen-bond donors (Lipinski definition) is 1. The highest BCUT2D eigenvalue weighted by atomic mass is 19.1. The van der Waals surface area contributed by atoms with Crippen molar-refractivity contribution in [2.75, 3.05) is 0 Å². The Hall–Kier alpha value is -3.53. The zero-order valence-corrected chi connectivity index (χ0v) is 14.4. The Bertz CT molecular complexity index is 1130. The molecule has 1 aromatic carbocycles. The molecule has 1 aliphatic carbocycles. The van der Waals surface area contributed by atoms with Gasteiger partial charge in [0.05, 0.1) is 35.0 Å². The lowest BCUT2D eigenvalue weighted by atomic mass is 9.88. The van der Waals surface area contributed by atoms with E-state index in [-0.39, 0.29) is 11.5 Å². The van der Waals surface area contributed by atoms with Crippen LogP contribution in [-0.4, -0.2) is 20.5 Å². The molecule has 27 heavy (non-hydrogen) atoms. The predicted molar refractivity (Wildman–Crippen MR) is 97.8 cm³/mol. The monoisotopic (exact) mass is 361 g/mol. The minimum absolute atomic E-state index is 0.0355. The average Bonchev–Trinajstić information content (AvgIpc) is 3.12. The van der Waals surface area contributed by atoms with Crippen LogP contribution >= 0.6 is 0 Å². The maximum Gasteiger partial charge on any atom is 0.251 e. The van der Waals surface area contributed by atoms with Gasteiger partial charge in [0.25, 0.3) is 5.91 Å². The molecule has 3 aromatic rings. The van der Waals surface area contributed by atoms with Crippen LogP contribution in [0.2, 0.25) is 0 Å². The number of rotatable bonds is 3. The van der Waals surface area contributed by atoms with Crippen LogP contribution in [0.1, 0.15) is 35.3 Å². The fourth-order valence-electron chi connectivity index (χ4n) is 3.44. The smallest absolute Gasteiger partial charge is 0.251 e. The average molecular weight is 361 g/mol. The third kappa shape index (κ3) is 2.95. The number of primary amides is 1. The summed E-state index contributed by atoms with van der Waals surface area (Å²) in [6.45, 7) is 0. The van der Waals surface area contributed by atoms with Crippen molar-refractivity contribution in [3.63, 3.8) is 0 Å². The number of nitriles is 1. The molecule has 2 heterocycles. The van der Waals surface area contributed by atoms with Gasteiger partial charge in [0.1, 0.15) is 5.82 Å². The highest BCUT2D eigenvalue weighted by Gasteiger charge is 2.20. The van der Waals surface area contributed by atoms with Crippen LogP contribution < -0.4 is 5.73 Å². The van der Waals surface area contributed by atoms with Gasteiger partial charge >= 0.3 is 0 Å². The standard InChI is InChI=1S/C20H16FN5O/c21-17-9-14(5-6-15(17)20(23)27)16-11-25-26-8-7-24-18(19(16)26)13-3-1-12(10-22)2-4-13/h3,5-9,11-12H,1-2,4H2,(H2,23,27). The molecule has 0 bridgehead atoms. The largest absolute Gasteiger partial charge is 0.366 e. The Balaban J connectivity index is 1.84. The molecule has 4 rings (SSSR count). The Morgan fingerprint density at radius 2 is 2.26 bits per heavy atom. The lowest BCUT2D eigenvalue weighted by Gasteiger charge is -2.17. The summed E-state index contributed by atoms with van der Waals surface area (Å²) >= 11 is 0. The van der Waals surface area contributed by atoms with E-state index in [1.165, 1.54) is 12.1 Å². The molecule has 1 atom stereocenters. The summed E-state index contributed by atoms with van der Waals surface area (Å²) in [5, 5.41) is 13.4. The Labute approximate surface area is 154 Å². The summed E-state index contributed by atoms with van der Waals surface area (Å²) in [4.78, 5) is 15.8. The number of allylic oxidation sites excluding steroid dienone is 2. The van der Waals surface area contributed by atoms with Gasteiger partial charge in [0.15, 0.2) is 0 Å². The molecule has 6 nitrogen and oxygen atoms in total. The molecule has 2 N–H and O–H groups in total. The van der Waals surface area contributed by atoms with Crippen molar-refractivity contribution in [1.82, 2.24) is 14.6 Å². The van der Waals surface area contributed by atoms with Gasteiger partial charge in [-0.05, 0) is 42.5 Å². The summed E-state index contributed by atoms with van der Waals surface area (Å²) < 4.78 is 15.9. The van der Waals surface area contributed by atoms with E-state index in [1.54, 1.807) is 29.2 Å². The molecule has 1 unspecified atom stereocenters. The molecular formula is C20H16FN5O. The normalized spacial score (nSPS) is 16.7. The first-order valence-electron chi connectivity index (χ1n) is 8.59. The fourth-order valence-corrected chi connectivity index (χ4v) is 3.44. The van der Waals surface area contributed by atoms with Crippen LogP contribution in [0, 0.1) is 23.1 Å². The molecule has 0 saturated heterocycles. The van der Waals surface area contributed by atoms with Gasteiger partial charge in [0, 0.05) is 18.0 Å². The van der Waals surface area contributed by atoms with Crippen molar-refractivity contribution < 1.29 is 9.18 Å². The van der Waals surface area contributed by atoms with Crippen LogP contribution in [0.15, 0.2) is 42.9 Å². The summed E-state index contributed by atoms with van der Waals surface area (Å²) in [5.41, 5.74) is 8.95. The second-order valence-electron chi connectivity index (χ2n) is 6.52. The van der Waals surface area contributed by atoms with Crippen LogP contribution in [0.4, 0.5) is 4.39 Å². The van der Waals surface area contributed by atoms with E-state index in [4.69, 9.17) is 11.0 Å². The summed E-state index contributed by atoms with van der Waals surface area (Å²) in [6.07, 6.45) is 9.35. The molecule has 0 fully saturated rings. The molecule has 0 saturated carbocycles. The quantitative estimate of drug-likeness (QED) is 0.773. The van der Waals surface area contributed by atoms with Crippen molar-refractivity contribution >= 4 is 17.0 Å². The van der Waals surface area contributed by atoms with Crippen molar-refractivity contribution in [1.29, 1.82) is 5.26 Å². The molecule has 0 radical (unpaired) electrons. The van der Waals surface area contributed by atoms with Gasteiger partial charge in [-0.25, -0.2) is 8.91 Å². The minimum atomic E-state index is -0.805. The number of aromatic nitrogens is 3. The van der Waals surface area contributed by atoms with Crippen LogP contribution in [-0.2, 0) is 0 Å². The van der Waals surface area contributed by atoms with E-state index in [1.807, 2.05) is 6.08 Å². The second kappa shape index (κ2) is 6.65. The lowest BCUT2D eigenvalue weighted by Crippen LogP contribution is -2.12. The number of hydrogen-bond acceptors (Lipinski definition) is 4. The number of amides is 1. The topological polar surface area (TPSA) is 97.1 Å². The first-order chi connectivity index (χ1) is 13.1. The summed E-state index contributed by atoms with van der Waals surface area (Å²) in [6, 6.07) is 6.62. The first-order valence-corrected chi connectivity index (χ1v) is 8.59. The number of benzene rings is 1. The molecular weight excluding hydrogens is 345 g/mol. The van der Waals surface area contributed by atoms with Gasteiger partial charge < -0.3 is 5.73 Å². The van der Waals surface area contributed by atoms with Gasteiger partial charge in [0.2, 0.25) is 0 Å². The predicted octanol–water partition coefficient (Wildman–Crippen LogP) is 3.34. The van der Waals surface area contributed by atoms with E-state index in [2.05, 4.69) is 16.2 Å². The van der Waals surface area contributed by atoms with E-state index < -0.39 is 11.7 Å². The third-order valence-electron chi connectivity index (χ3n) is 4.87. The number of fused-ring (bicyclic) bond motifs is 1. The number of halogens is 1. The van der Waals surface area contributed by atoms with Gasteiger partial charge in [-0.3, -0.25) is 9.78 Å². The molecule has 1 amide bonds. The lowest BCUT2D eigenvalue weighted by molar-refractivity contribution is 0.0996. The fraction of sp³-hybridized carbons (Fsp3) is 0.200. The summed E-state index contributed by atoms with van der Waals surface area (Å²) in [5.74, 6) is -1.44. The van der Waals surface area contributed by atoms with Crippen molar-refractivity contribution in [2.45, 2.75) is 19.3 Å². The number of carbonyl (C=O) groups is 1. The van der Waals surface area contributed by atoms with Crippen LogP contribution in [0.5, 0.6) is 0 Å². The van der Waals surface area contributed by atoms with E-state index in [9.17, 15) is 9.18 Å². The molecule has 1 aliphatic rings.